The van der Waals surface area contributed by atoms with Crippen molar-refractivity contribution in [3.63, 3.8) is 0 Å². The maximum atomic E-state index is 12.9. The van der Waals surface area contributed by atoms with Gasteiger partial charge in [-0.15, -0.1) is 0 Å². The maximum absolute atomic E-state index is 12.9. The van der Waals surface area contributed by atoms with Crippen LogP contribution in [0.25, 0.3) is 11.3 Å². The summed E-state index contributed by atoms with van der Waals surface area (Å²) in [7, 11) is 0. The first-order valence-corrected chi connectivity index (χ1v) is 4.16. The molecule has 15 heavy (non-hydrogen) atoms. The minimum atomic E-state index is -0.704. The van der Waals surface area contributed by atoms with E-state index in [-0.39, 0.29) is 16.8 Å². The Balaban J connectivity index is 2.58. The number of nitrogens with one attached hydrogen (secondary N) is 1. The molecular formula is C10H6F2N2O. The molecule has 1 N–H and O–H groups in total. The van der Waals surface area contributed by atoms with E-state index in [1.54, 1.807) is 0 Å². The van der Waals surface area contributed by atoms with Crippen LogP contribution in [0.3, 0.4) is 0 Å². The van der Waals surface area contributed by atoms with Crippen LogP contribution in [0.15, 0.2) is 24.4 Å². The van der Waals surface area contributed by atoms with E-state index in [9.17, 15) is 13.6 Å². The van der Waals surface area contributed by atoms with Gasteiger partial charge in [-0.1, -0.05) is 0 Å². The highest BCUT2D eigenvalue weighted by molar-refractivity contribution is 5.85. The summed E-state index contributed by atoms with van der Waals surface area (Å²) >= 11 is 0. The molecule has 0 unspecified atom stereocenters. The van der Waals surface area contributed by atoms with Gasteiger partial charge < -0.3 is 0 Å². The second-order valence-corrected chi connectivity index (χ2v) is 2.97. The molecule has 76 valence electrons. The SMILES string of the molecule is O=Cc1c[nH]nc1-c1cc(F)cc(F)c1. The van der Waals surface area contributed by atoms with Crippen molar-refractivity contribution in [1.82, 2.24) is 10.2 Å². The molecule has 0 saturated heterocycles. The number of hydrogen-bond donors (Lipinski definition) is 1. The van der Waals surface area contributed by atoms with E-state index in [4.69, 9.17) is 0 Å². The van der Waals surface area contributed by atoms with E-state index in [0.29, 0.717) is 6.29 Å². The quantitative estimate of drug-likeness (QED) is 0.768. The van der Waals surface area contributed by atoms with Gasteiger partial charge in [0.2, 0.25) is 0 Å². The summed E-state index contributed by atoms with van der Waals surface area (Å²) in [6.45, 7) is 0. The van der Waals surface area contributed by atoms with Gasteiger partial charge in [0.05, 0.1) is 5.56 Å². The van der Waals surface area contributed by atoms with Crippen LogP contribution in [0.4, 0.5) is 8.78 Å². The molecular weight excluding hydrogens is 202 g/mol. The lowest BCUT2D eigenvalue weighted by Crippen LogP contribution is -1.87. The predicted octanol–water partition coefficient (Wildman–Crippen LogP) is 2.17. The number of aromatic amines is 1. The molecule has 0 atom stereocenters. The largest absolute Gasteiger partial charge is 0.298 e. The molecule has 0 aliphatic rings. The molecule has 2 aromatic rings. The maximum Gasteiger partial charge on any atom is 0.153 e. The van der Waals surface area contributed by atoms with Crippen molar-refractivity contribution in [2.24, 2.45) is 0 Å². The van der Waals surface area contributed by atoms with E-state index < -0.39 is 11.6 Å². The first-order valence-electron chi connectivity index (χ1n) is 4.16. The summed E-state index contributed by atoms with van der Waals surface area (Å²) in [5.74, 6) is -1.41. The van der Waals surface area contributed by atoms with Crippen molar-refractivity contribution >= 4 is 6.29 Å². The molecule has 0 saturated carbocycles. The van der Waals surface area contributed by atoms with Gasteiger partial charge in [-0.25, -0.2) is 8.78 Å². The number of carbonyl (C=O) groups excluding carboxylic acids is 1. The number of halogens is 2. The molecule has 0 fully saturated rings. The normalized spacial score (nSPS) is 10.3. The zero-order valence-corrected chi connectivity index (χ0v) is 7.50. The molecule has 0 bridgehead atoms. The van der Waals surface area contributed by atoms with Crippen molar-refractivity contribution < 1.29 is 13.6 Å². The Bertz CT molecular complexity index is 488. The summed E-state index contributed by atoms with van der Waals surface area (Å²) in [5, 5.41) is 6.21. The van der Waals surface area contributed by atoms with Crippen LogP contribution in [0.2, 0.25) is 0 Å². The van der Waals surface area contributed by atoms with Gasteiger partial charge in [-0.2, -0.15) is 5.10 Å². The summed E-state index contributed by atoms with van der Waals surface area (Å²) in [4.78, 5) is 10.6. The summed E-state index contributed by atoms with van der Waals surface area (Å²) in [5.41, 5.74) is 0.735. The molecule has 0 aliphatic heterocycles. The number of aldehydes is 1. The van der Waals surface area contributed by atoms with Crippen LogP contribution in [0, 0.1) is 11.6 Å². The van der Waals surface area contributed by atoms with E-state index in [1.165, 1.54) is 6.20 Å². The second kappa shape index (κ2) is 3.61. The average molecular weight is 208 g/mol. The molecule has 1 aromatic heterocycles. The number of hydrogen-bond acceptors (Lipinski definition) is 2. The Kier molecular flexibility index (Phi) is 2.29. The lowest BCUT2D eigenvalue weighted by atomic mass is 10.1. The topological polar surface area (TPSA) is 45.8 Å². The summed E-state index contributed by atoms with van der Waals surface area (Å²) in [6, 6.07) is 3.00. The van der Waals surface area contributed by atoms with Crippen molar-refractivity contribution in [3.05, 3.63) is 41.6 Å². The van der Waals surface area contributed by atoms with Crippen LogP contribution in [0.1, 0.15) is 10.4 Å². The van der Waals surface area contributed by atoms with E-state index >= 15 is 0 Å². The van der Waals surface area contributed by atoms with Crippen molar-refractivity contribution in [3.8, 4) is 11.3 Å². The number of aromatic nitrogens is 2. The fourth-order valence-corrected chi connectivity index (χ4v) is 1.31. The molecule has 3 nitrogen and oxygen atoms in total. The third-order valence-corrected chi connectivity index (χ3v) is 1.93. The van der Waals surface area contributed by atoms with Crippen LogP contribution >= 0.6 is 0 Å². The Labute approximate surface area is 83.7 Å². The fourth-order valence-electron chi connectivity index (χ4n) is 1.31. The number of nitrogens with zero attached hydrogens (tertiary/aromatic N) is 1. The third kappa shape index (κ3) is 1.76. The van der Waals surface area contributed by atoms with Gasteiger partial charge in [0.25, 0.3) is 0 Å². The number of benzene rings is 1. The van der Waals surface area contributed by atoms with Gasteiger partial charge in [-0.3, -0.25) is 9.89 Å². The Morgan fingerprint density at radius 3 is 2.47 bits per heavy atom. The standard InChI is InChI=1S/C10H6F2N2O/c11-8-1-6(2-9(12)3-8)10-7(5-15)4-13-14-10/h1-5H,(H,13,14). The van der Waals surface area contributed by atoms with Crippen LogP contribution in [-0.4, -0.2) is 16.5 Å². The Hall–Kier alpha value is -2.04. The first kappa shape index (κ1) is 9.51. The highest BCUT2D eigenvalue weighted by atomic mass is 19.1. The lowest BCUT2D eigenvalue weighted by molar-refractivity contribution is 0.112. The highest BCUT2D eigenvalue weighted by Crippen LogP contribution is 2.21. The van der Waals surface area contributed by atoms with Gasteiger partial charge in [-0.05, 0) is 12.1 Å². The molecule has 2 rings (SSSR count). The average Bonchev–Trinajstić information content (AvgIpc) is 2.63. The minimum absolute atomic E-state index is 0.232. The van der Waals surface area contributed by atoms with E-state index in [0.717, 1.165) is 18.2 Å². The number of carbonyl (C=O) groups is 1. The number of H-pyrrole nitrogens is 1. The Morgan fingerprint density at radius 1 is 1.20 bits per heavy atom. The highest BCUT2D eigenvalue weighted by Gasteiger charge is 2.09. The number of rotatable bonds is 2. The third-order valence-electron chi connectivity index (χ3n) is 1.93. The van der Waals surface area contributed by atoms with E-state index in [1.807, 2.05) is 0 Å². The zero-order valence-electron chi connectivity index (χ0n) is 7.50. The van der Waals surface area contributed by atoms with Gasteiger partial charge in [0, 0.05) is 17.8 Å². The minimum Gasteiger partial charge on any atom is -0.298 e. The second-order valence-electron chi connectivity index (χ2n) is 2.97. The monoisotopic (exact) mass is 208 g/mol. The molecule has 0 radical (unpaired) electrons. The zero-order chi connectivity index (χ0) is 10.8. The van der Waals surface area contributed by atoms with Crippen molar-refractivity contribution in [1.29, 1.82) is 0 Å². The fraction of sp³-hybridized carbons (Fsp3) is 0. The Morgan fingerprint density at radius 2 is 1.87 bits per heavy atom. The summed E-state index contributed by atoms with van der Waals surface area (Å²) < 4.78 is 25.8. The molecule has 1 aromatic carbocycles. The van der Waals surface area contributed by atoms with Crippen LogP contribution in [0.5, 0.6) is 0 Å². The first-order chi connectivity index (χ1) is 7.20. The molecule has 0 amide bonds. The molecule has 5 heteroatoms. The molecule has 0 aliphatic carbocycles. The molecule has 0 spiro atoms. The van der Waals surface area contributed by atoms with Crippen LogP contribution < -0.4 is 0 Å². The van der Waals surface area contributed by atoms with Crippen molar-refractivity contribution in [2.75, 3.05) is 0 Å². The molecule has 1 heterocycles. The predicted molar refractivity (Wildman–Crippen MR) is 49.3 cm³/mol. The summed E-state index contributed by atoms with van der Waals surface area (Å²) in [6.07, 6.45) is 1.94. The van der Waals surface area contributed by atoms with Gasteiger partial charge in [0.15, 0.2) is 6.29 Å². The van der Waals surface area contributed by atoms with E-state index in [2.05, 4.69) is 10.2 Å². The van der Waals surface area contributed by atoms with Gasteiger partial charge >= 0.3 is 0 Å². The van der Waals surface area contributed by atoms with Crippen molar-refractivity contribution in [2.45, 2.75) is 0 Å². The lowest BCUT2D eigenvalue weighted by Gasteiger charge is -1.98. The van der Waals surface area contributed by atoms with Gasteiger partial charge in [0.1, 0.15) is 17.3 Å². The van der Waals surface area contributed by atoms with Crippen LogP contribution in [-0.2, 0) is 0 Å². The smallest absolute Gasteiger partial charge is 0.153 e.